The van der Waals surface area contributed by atoms with Crippen LogP contribution in [-0.4, -0.2) is 55.4 Å². The zero-order chi connectivity index (χ0) is 10.4. The first-order valence-electron chi connectivity index (χ1n) is 5.60. The van der Waals surface area contributed by atoms with Crippen LogP contribution in [0.2, 0.25) is 0 Å². The SMILES string of the molecule is CC(C)CN1CCN(CCC=O)CC1. The van der Waals surface area contributed by atoms with E-state index in [1.54, 1.807) is 0 Å². The fourth-order valence-electron chi connectivity index (χ4n) is 1.95. The van der Waals surface area contributed by atoms with Crippen LogP contribution in [0.15, 0.2) is 0 Å². The van der Waals surface area contributed by atoms with E-state index >= 15 is 0 Å². The third-order valence-corrected chi connectivity index (χ3v) is 2.65. The molecule has 1 saturated heterocycles. The van der Waals surface area contributed by atoms with E-state index in [9.17, 15) is 4.79 Å². The Labute approximate surface area is 87.1 Å². The first-order valence-corrected chi connectivity index (χ1v) is 5.60. The molecule has 0 N–H and O–H groups in total. The van der Waals surface area contributed by atoms with Gasteiger partial charge >= 0.3 is 0 Å². The maximum atomic E-state index is 10.2. The zero-order valence-corrected chi connectivity index (χ0v) is 9.41. The highest BCUT2D eigenvalue weighted by Crippen LogP contribution is 2.05. The maximum absolute atomic E-state index is 10.2. The normalized spacial score (nSPS) is 20.2. The van der Waals surface area contributed by atoms with E-state index in [0.717, 1.165) is 44.9 Å². The van der Waals surface area contributed by atoms with Crippen molar-refractivity contribution in [2.75, 3.05) is 39.3 Å². The van der Waals surface area contributed by atoms with E-state index in [0.29, 0.717) is 6.42 Å². The lowest BCUT2D eigenvalue weighted by Gasteiger charge is -2.35. The summed E-state index contributed by atoms with van der Waals surface area (Å²) in [5.41, 5.74) is 0. The molecular formula is C11H22N2O. The second-order valence-electron chi connectivity index (χ2n) is 4.49. The van der Waals surface area contributed by atoms with Crippen molar-refractivity contribution in [2.45, 2.75) is 20.3 Å². The number of nitrogens with zero attached hydrogens (tertiary/aromatic N) is 2. The third-order valence-electron chi connectivity index (χ3n) is 2.65. The molecule has 0 unspecified atom stereocenters. The minimum Gasteiger partial charge on any atom is -0.303 e. The predicted molar refractivity (Wildman–Crippen MR) is 58.4 cm³/mol. The highest BCUT2D eigenvalue weighted by Gasteiger charge is 2.16. The van der Waals surface area contributed by atoms with Gasteiger partial charge in [0.05, 0.1) is 0 Å². The van der Waals surface area contributed by atoms with Crippen LogP contribution in [0.25, 0.3) is 0 Å². The number of hydrogen-bond donors (Lipinski definition) is 0. The van der Waals surface area contributed by atoms with Crippen molar-refractivity contribution in [2.24, 2.45) is 5.92 Å². The second-order valence-corrected chi connectivity index (χ2v) is 4.49. The van der Waals surface area contributed by atoms with Gasteiger partial charge in [0.25, 0.3) is 0 Å². The molecule has 3 heteroatoms. The van der Waals surface area contributed by atoms with Crippen LogP contribution >= 0.6 is 0 Å². The minimum absolute atomic E-state index is 0.685. The molecule has 0 aliphatic carbocycles. The number of carbonyl (C=O) groups is 1. The molecule has 14 heavy (non-hydrogen) atoms. The molecule has 0 atom stereocenters. The molecule has 1 rings (SSSR count). The van der Waals surface area contributed by atoms with Crippen LogP contribution in [0.3, 0.4) is 0 Å². The minimum atomic E-state index is 0.685. The van der Waals surface area contributed by atoms with Gasteiger partial charge in [-0.05, 0) is 5.92 Å². The van der Waals surface area contributed by atoms with Crippen molar-refractivity contribution in [3.63, 3.8) is 0 Å². The lowest BCUT2D eigenvalue weighted by Crippen LogP contribution is -2.47. The molecule has 0 amide bonds. The largest absolute Gasteiger partial charge is 0.303 e. The van der Waals surface area contributed by atoms with E-state index in [1.807, 2.05) is 0 Å². The van der Waals surface area contributed by atoms with Gasteiger partial charge in [-0.2, -0.15) is 0 Å². The van der Waals surface area contributed by atoms with Crippen molar-refractivity contribution in [1.82, 2.24) is 9.80 Å². The van der Waals surface area contributed by atoms with Crippen LogP contribution in [-0.2, 0) is 4.79 Å². The lowest BCUT2D eigenvalue weighted by molar-refractivity contribution is -0.108. The Hall–Kier alpha value is -0.410. The van der Waals surface area contributed by atoms with Crippen LogP contribution in [0.1, 0.15) is 20.3 Å². The van der Waals surface area contributed by atoms with Crippen molar-refractivity contribution in [3.05, 3.63) is 0 Å². The highest BCUT2D eigenvalue weighted by molar-refractivity contribution is 5.49. The maximum Gasteiger partial charge on any atom is 0.121 e. The molecule has 0 spiro atoms. The molecule has 82 valence electrons. The summed E-state index contributed by atoms with van der Waals surface area (Å²) >= 11 is 0. The Morgan fingerprint density at radius 3 is 2.21 bits per heavy atom. The number of rotatable bonds is 5. The van der Waals surface area contributed by atoms with E-state index in [-0.39, 0.29) is 0 Å². The summed E-state index contributed by atoms with van der Waals surface area (Å²) in [5, 5.41) is 0. The van der Waals surface area contributed by atoms with Gasteiger partial charge in [-0.25, -0.2) is 0 Å². The molecular weight excluding hydrogens is 176 g/mol. The molecule has 3 nitrogen and oxygen atoms in total. The van der Waals surface area contributed by atoms with Crippen molar-refractivity contribution in [3.8, 4) is 0 Å². The van der Waals surface area contributed by atoms with Gasteiger partial charge < -0.3 is 14.6 Å². The summed E-state index contributed by atoms with van der Waals surface area (Å²) in [6.45, 7) is 11.3. The number of carbonyl (C=O) groups excluding carboxylic acids is 1. The molecule has 1 aliphatic heterocycles. The summed E-state index contributed by atoms with van der Waals surface area (Å²) in [4.78, 5) is 15.1. The van der Waals surface area contributed by atoms with Gasteiger partial charge in [-0.1, -0.05) is 13.8 Å². The summed E-state index contributed by atoms with van der Waals surface area (Å²) in [7, 11) is 0. The van der Waals surface area contributed by atoms with Crippen LogP contribution in [0.5, 0.6) is 0 Å². The van der Waals surface area contributed by atoms with Crippen LogP contribution in [0.4, 0.5) is 0 Å². The van der Waals surface area contributed by atoms with E-state index < -0.39 is 0 Å². The zero-order valence-electron chi connectivity index (χ0n) is 9.41. The Balaban J connectivity index is 2.14. The molecule has 0 aromatic heterocycles. The Morgan fingerprint density at radius 1 is 1.14 bits per heavy atom. The van der Waals surface area contributed by atoms with Crippen molar-refractivity contribution >= 4 is 6.29 Å². The van der Waals surface area contributed by atoms with Crippen LogP contribution < -0.4 is 0 Å². The average Bonchev–Trinajstić information content (AvgIpc) is 2.16. The van der Waals surface area contributed by atoms with Crippen molar-refractivity contribution in [1.29, 1.82) is 0 Å². The van der Waals surface area contributed by atoms with Crippen molar-refractivity contribution < 1.29 is 4.79 Å². The van der Waals surface area contributed by atoms with Gasteiger partial charge in [0.1, 0.15) is 6.29 Å². The molecule has 1 fully saturated rings. The molecule has 0 aromatic rings. The van der Waals surface area contributed by atoms with E-state index in [4.69, 9.17) is 0 Å². The second kappa shape index (κ2) is 6.14. The highest BCUT2D eigenvalue weighted by atomic mass is 16.1. The smallest absolute Gasteiger partial charge is 0.121 e. The topological polar surface area (TPSA) is 23.6 Å². The first-order chi connectivity index (χ1) is 6.72. The quantitative estimate of drug-likeness (QED) is 0.612. The molecule has 0 bridgehead atoms. The standard InChI is InChI=1S/C11H22N2O/c1-11(2)10-13-7-5-12(6-8-13)4-3-9-14/h9,11H,3-8,10H2,1-2H3. The Kier molecular flexibility index (Phi) is 5.12. The first kappa shape index (κ1) is 11.7. The van der Waals surface area contributed by atoms with E-state index in [2.05, 4.69) is 23.6 Å². The van der Waals surface area contributed by atoms with Gasteiger partial charge in [0.15, 0.2) is 0 Å². The fourth-order valence-corrected chi connectivity index (χ4v) is 1.95. The molecule has 0 saturated carbocycles. The number of aldehydes is 1. The summed E-state index contributed by atoms with van der Waals surface area (Å²) in [6, 6.07) is 0. The van der Waals surface area contributed by atoms with Gasteiger partial charge in [-0.15, -0.1) is 0 Å². The molecule has 1 aliphatic rings. The Bertz CT molecular complexity index is 163. The molecule has 0 aromatic carbocycles. The van der Waals surface area contributed by atoms with Gasteiger partial charge in [-0.3, -0.25) is 0 Å². The van der Waals surface area contributed by atoms with Gasteiger partial charge in [0.2, 0.25) is 0 Å². The molecule has 1 heterocycles. The monoisotopic (exact) mass is 198 g/mol. The average molecular weight is 198 g/mol. The summed E-state index contributed by atoms with van der Waals surface area (Å²) < 4.78 is 0. The number of hydrogen-bond acceptors (Lipinski definition) is 3. The molecule has 0 radical (unpaired) electrons. The predicted octanol–water partition coefficient (Wildman–Crippen LogP) is 0.849. The van der Waals surface area contributed by atoms with Gasteiger partial charge in [0, 0.05) is 45.7 Å². The fraction of sp³-hybridized carbons (Fsp3) is 0.909. The summed E-state index contributed by atoms with van der Waals surface area (Å²) in [5.74, 6) is 0.761. The third kappa shape index (κ3) is 4.20. The van der Waals surface area contributed by atoms with Crippen LogP contribution in [0, 0.1) is 5.92 Å². The summed E-state index contributed by atoms with van der Waals surface area (Å²) in [6.07, 6.45) is 1.70. The lowest BCUT2D eigenvalue weighted by atomic mass is 10.2. The Morgan fingerprint density at radius 2 is 1.71 bits per heavy atom. The van der Waals surface area contributed by atoms with E-state index in [1.165, 1.54) is 6.54 Å². The number of piperazine rings is 1.